The second-order valence-electron chi connectivity index (χ2n) is 7.68. The Morgan fingerprint density at radius 3 is 2.70 bits per heavy atom. The molecule has 1 aliphatic heterocycles. The molecule has 1 saturated heterocycles. The van der Waals surface area contributed by atoms with Crippen LogP contribution in [0, 0.1) is 5.92 Å². The molecule has 1 fully saturated rings. The Labute approximate surface area is 180 Å². The number of amides is 1. The molecule has 1 heterocycles. The lowest BCUT2D eigenvalue weighted by Crippen LogP contribution is -2.46. The first-order valence-corrected chi connectivity index (χ1v) is 11.6. The summed E-state index contributed by atoms with van der Waals surface area (Å²) in [5.41, 5.74) is -1.23. The number of likely N-dealkylation sites (tertiary alicyclic amines) is 1. The standard InChI is InChI=1S/C19H27ClF3N3O3S/c1-13-4-3-9-26(12-13)14(2)11-24-18(27)7-8-25-30(28,29)15-5-6-17(20)16(10-15)19(21,22)23/h5-6,10,13-14,25H,3-4,7-9,11-12H2,1-2H3,(H,24,27). The van der Waals surface area contributed by atoms with Gasteiger partial charge in [0.1, 0.15) is 0 Å². The Kier molecular flexibility index (Phi) is 8.55. The van der Waals surface area contributed by atoms with E-state index in [2.05, 4.69) is 21.9 Å². The van der Waals surface area contributed by atoms with Crippen molar-refractivity contribution in [2.24, 2.45) is 5.92 Å². The maximum atomic E-state index is 12.9. The number of hydrogen-bond donors (Lipinski definition) is 2. The van der Waals surface area contributed by atoms with Crippen LogP contribution in [-0.4, -0.2) is 51.4 Å². The fraction of sp³-hybridized carbons (Fsp3) is 0.632. The fourth-order valence-electron chi connectivity index (χ4n) is 3.38. The summed E-state index contributed by atoms with van der Waals surface area (Å²) in [4.78, 5) is 13.8. The minimum atomic E-state index is -4.77. The zero-order valence-corrected chi connectivity index (χ0v) is 18.5. The number of nitrogens with zero attached hydrogens (tertiary/aromatic N) is 1. The van der Waals surface area contributed by atoms with Crippen LogP contribution in [0.25, 0.3) is 0 Å². The monoisotopic (exact) mass is 469 g/mol. The summed E-state index contributed by atoms with van der Waals surface area (Å²) >= 11 is 5.51. The van der Waals surface area contributed by atoms with Gasteiger partial charge in [0.05, 0.1) is 15.5 Å². The average Bonchev–Trinajstić information content (AvgIpc) is 2.65. The molecule has 0 aromatic heterocycles. The van der Waals surface area contributed by atoms with Crippen LogP contribution in [0.4, 0.5) is 13.2 Å². The van der Waals surface area contributed by atoms with Gasteiger partial charge in [-0.15, -0.1) is 0 Å². The Morgan fingerprint density at radius 2 is 2.07 bits per heavy atom. The number of alkyl halides is 3. The first kappa shape index (κ1) is 24.9. The second kappa shape index (κ2) is 10.3. The van der Waals surface area contributed by atoms with Crippen LogP contribution < -0.4 is 10.0 Å². The van der Waals surface area contributed by atoms with Gasteiger partial charge in [0.2, 0.25) is 15.9 Å². The van der Waals surface area contributed by atoms with E-state index in [0.717, 1.165) is 31.6 Å². The number of halogens is 4. The third-order valence-electron chi connectivity index (χ3n) is 5.10. The third kappa shape index (κ3) is 7.11. The van der Waals surface area contributed by atoms with Crippen molar-refractivity contribution in [2.45, 2.75) is 50.2 Å². The molecule has 2 N–H and O–H groups in total. The molecule has 2 rings (SSSR count). The predicted molar refractivity (Wildman–Crippen MR) is 109 cm³/mol. The average molecular weight is 470 g/mol. The molecule has 0 aliphatic carbocycles. The van der Waals surface area contributed by atoms with Crippen molar-refractivity contribution in [3.63, 3.8) is 0 Å². The van der Waals surface area contributed by atoms with E-state index in [1.54, 1.807) is 0 Å². The molecule has 11 heteroatoms. The van der Waals surface area contributed by atoms with Crippen molar-refractivity contribution in [3.05, 3.63) is 28.8 Å². The van der Waals surface area contributed by atoms with Gasteiger partial charge in [-0.05, 0) is 50.4 Å². The van der Waals surface area contributed by atoms with Gasteiger partial charge in [0.15, 0.2) is 0 Å². The van der Waals surface area contributed by atoms with Crippen molar-refractivity contribution < 1.29 is 26.4 Å². The van der Waals surface area contributed by atoms with E-state index in [1.165, 1.54) is 6.42 Å². The SMILES string of the molecule is CC1CCCN(C(C)CNC(=O)CCNS(=O)(=O)c2ccc(Cl)c(C(F)(F)F)c2)C1. The molecule has 0 radical (unpaired) electrons. The van der Waals surface area contributed by atoms with Gasteiger partial charge in [0.25, 0.3) is 0 Å². The highest BCUT2D eigenvalue weighted by atomic mass is 35.5. The molecule has 0 bridgehead atoms. The van der Waals surface area contributed by atoms with Crippen molar-refractivity contribution in [1.29, 1.82) is 0 Å². The molecule has 1 aromatic carbocycles. The maximum Gasteiger partial charge on any atom is 0.417 e. The molecule has 6 nitrogen and oxygen atoms in total. The van der Waals surface area contributed by atoms with Gasteiger partial charge in [-0.25, -0.2) is 13.1 Å². The number of sulfonamides is 1. The van der Waals surface area contributed by atoms with Crippen LogP contribution in [0.5, 0.6) is 0 Å². The number of carbonyl (C=O) groups excluding carboxylic acids is 1. The number of nitrogens with one attached hydrogen (secondary N) is 2. The van der Waals surface area contributed by atoms with Gasteiger partial charge >= 0.3 is 6.18 Å². The van der Waals surface area contributed by atoms with Crippen molar-refractivity contribution in [3.8, 4) is 0 Å². The van der Waals surface area contributed by atoms with E-state index < -0.39 is 31.7 Å². The number of benzene rings is 1. The van der Waals surface area contributed by atoms with Crippen molar-refractivity contribution in [2.75, 3.05) is 26.2 Å². The van der Waals surface area contributed by atoms with Crippen molar-refractivity contribution >= 4 is 27.5 Å². The Balaban J connectivity index is 1.83. The molecule has 1 amide bonds. The summed E-state index contributed by atoms with van der Waals surface area (Å²) in [7, 11) is -4.21. The zero-order valence-electron chi connectivity index (χ0n) is 16.9. The van der Waals surface area contributed by atoms with E-state index in [9.17, 15) is 26.4 Å². The summed E-state index contributed by atoms with van der Waals surface area (Å²) in [6, 6.07) is 2.52. The zero-order chi connectivity index (χ0) is 22.5. The number of hydrogen-bond acceptors (Lipinski definition) is 4. The van der Waals surface area contributed by atoms with Crippen LogP contribution in [-0.2, 0) is 21.0 Å². The first-order valence-electron chi connectivity index (χ1n) is 9.77. The van der Waals surface area contributed by atoms with Crippen LogP contribution in [0.3, 0.4) is 0 Å². The molecule has 2 atom stereocenters. The van der Waals surface area contributed by atoms with Crippen LogP contribution in [0.1, 0.15) is 38.7 Å². The highest BCUT2D eigenvalue weighted by molar-refractivity contribution is 7.89. The molecule has 30 heavy (non-hydrogen) atoms. The van der Waals surface area contributed by atoms with Crippen molar-refractivity contribution in [1.82, 2.24) is 14.9 Å². The number of carbonyl (C=O) groups is 1. The maximum absolute atomic E-state index is 12.9. The van der Waals surface area contributed by atoms with E-state index in [0.29, 0.717) is 18.5 Å². The van der Waals surface area contributed by atoms with E-state index in [-0.39, 0.29) is 24.9 Å². The van der Waals surface area contributed by atoms with E-state index in [1.807, 2.05) is 6.92 Å². The topological polar surface area (TPSA) is 78.5 Å². The van der Waals surface area contributed by atoms with Crippen LogP contribution in [0.15, 0.2) is 23.1 Å². The van der Waals surface area contributed by atoms with Gasteiger partial charge in [-0.2, -0.15) is 13.2 Å². The molecular weight excluding hydrogens is 443 g/mol. The quantitative estimate of drug-likeness (QED) is 0.612. The Morgan fingerprint density at radius 1 is 1.37 bits per heavy atom. The first-order chi connectivity index (χ1) is 13.9. The Bertz CT molecular complexity index is 849. The second-order valence-corrected chi connectivity index (χ2v) is 9.86. The van der Waals surface area contributed by atoms with Gasteiger partial charge in [-0.3, -0.25) is 9.69 Å². The molecule has 0 saturated carbocycles. The summed E-state index contributed by atoms with van der Waals surface area (Å²) in [5, 5.41) is 2.19. The largest absolute Gasteiger partial charge is 0.417 e. The lowest BCUT2D eigenvalue weighted by atomic mass is 9.99. The van der Waals surface area contributed by atoms with Crippen LogP contribution in [0.2, 0.25) is 5.02 Å². The highest BCUT2D eigenvalue weighted by Gasteiger charge is 2.34. The predicted octanol–water partition coefficient (Wildman–Crippen LogP) is 3.26. The highest BCUT2D eigenvalue weighted by Crippen LogP contribution is 2.35. The van der Waals surface area contributed by atoms with Gasteiger partial charge in [0, 0.05) is 32.1 Å². The smallest absolute Gasteiger partial charge is 0.355 e. The minimum absolute atomic E-state index is 0.123. The molecule has 170 valence electrons. The summed E-state index contributed by atoms with van der Waals surface area (Å²) < 4.78 is 65.4. The van der Waals surface area contributed by atoms with E-state index >= 15 is 0 Å². The normalized spacial score (nSPS) is 19.5. The summed E-state index contributed by atoms with van der Waals surface area (Å²) in [5.74, 6) is 0.290. The molecule has 1 aliphatic rings. The number of rotatable bonds is 8. The van der Waals surface area contributed by atoms with E-state index in [4.69, 9.17) is 11.6 Å². The molecule has 2 unspecified atom stereocenters. The lowest BCUT2D eigenvalue weighted by molar-refractivity contribution is -0.137. The molecule has 0 spiro atoms. The fourth-order valence-corrected chi connectivity index (χ4v) is 4.66. The van der Waals surface area contributed by atoms with Gasteiger partial charge in [-0.1, -0.05) is 18.5 Å². The molecule has 1 aromatic rings. The van der Waals surface area contributed by atoms with Crippen LogP contribution >= 0.6 is 11.6 Å². The number of piperidine rings is 1. The summed E-state index contributed by atoms with van der Waals surface area (Å²) in [6.07, 6.45) is -2.57. The molecular formula is C19H27ClF3N3O3S. The minimum Gasteiger partial charge on any atom is -0.355 e. The third-order valence-corrected chi connectivity index (χ3v) is 6.89. The summed E-state index contributed by atoms with van der Waals surface area (Å²) in [6.45, 7) is 6.42. The Hall–Kier alpha value is -1.36. The lowest BCUT2D eigenvalue weighted by Gasteiger charge is -2.35. The van der Waals surface area contributed by atoms with Gasteiger partial charge < -0.3 is 5.32 Å².